The Balaban J connectivity index is 2.03. The molecule has 1 N–H and O–H groups in total. The maximum absolute atomic E-state index is 13.1. The van der Waals surface area contributed by atoms with Crippen molar-refractivity contribution in [3.05, 3.63) is 65.5 Å². The Bertz CT molecular complexity index is 910. The fourth-order valence-electron chi connectivity index (χ4n) is 3.74. The van der Waals surface area contributed by atoms with Crippen LogP contribution in [0.15, 0.2) is 60.0 Å². The van der Waals surface area contributed by atoms with Gasteiger partial charge >= 0.3 is 11.9 Å². The second kappa shape index (κ2) is 9.91. The van der Waals surface area contributed by atoms with Crippen molar-refractivity contribution in [2.24, 2.45) is 0 Å². The fourth-order valence-corrected chi connectivity index (χ4v) is 3.74. The minimum absolute atomic E-state index is 0.0210. The molecule has 0 atom stereocenters. The number of benzene rings is 1. The number of carbonyl (C=O) groups excluding carboxylic acids is 3. The van der Waals surface area contributed by atoms with Gasteiger partial charge in [-0.3, -0.25) is 4.79 Å². The van der Waals surface area contributed by atoms with E-state index in [9.17, 15) is 14.4 Å². The van der Waals surface area contributed by atoms with Crippen LogP contribution in [0.4, 0.5) is 5.69 Å². The first kappa shape index (κ1) is 21.4. The molecule has 158 valence electrons. The molecule has 2 aliphatic rings. The minimum atomic E-state index is -0.714. The number of nitrogens with one attached hydrogen (secondary N) is 1. The quantitative estimate of drug-likeness (QED) is 0.750. The lowest BCUT2D eigenvalue weighted by molar-refractivity contribution is -0.139. The molecule has 1 aliphatic carbocycles. The fraction of sp³-hybridized carbons (Fsp3) is 0.348. The van der Waals surface area contributed by atoms with E-state index in [0.717, 1.165) is 25.7 Å². The van der Waals surface area contributed by atoms with Crippen LogP contribution in [0, 0.1) is 0 Å². The summed E-state index contributed by atoms with van der Waals surface area (Å²) in [5.41, 5.74) is 0.886. The molecule has 0 aromatic heterocycles. The minimum Gasteiger partial charge on any atom is -0.465 e. The van der Waals surface area contributed by atoms with Crippen LogP contribution in [0.1, 0.15) is 42.5 Å². The van der Waals surface area contributed by atoms with Crippen LogP contribution in [-0.2, 0) is 19.1 Å². The standard InChI is InChI=1S/C23H26N2O5/c1-29-22(27)18-13-8-9-15-25(20(18)23(28)30-2)19-14-7-6-12-17(19)21(26)24-16-10-4-3-5-11-16/h6-9,12-16H,3-5,10-11H2,1-2H3,(H,24,26). The summed E-state index contributed by atoms with van der Waals surface area (Å²) >= 11 is 0. The molecule has 1 aromatic rings. The van der Waals surface area contributed by atoms with Gasteiger partial charge in [0.2, 0.25) is 0 Å². The molecule has 1 heterocycles. The molecule has 0 unspecified atom stereocenters. The zero-order valence-corrected chi connectivity index (χ0v) is 17.2. The van der Waals surface area contributed by atoms with Crippen molar-refractivity contribution in [1.82, 2.24) is 5.32 Å². The number of hydrogen-bond donors (Lipinski definition) is 1. The van der Waals surface area contributed by atoms with Gasteiger partial charge in [-0.15, -0.1) is 0 Å². The highest BCUT2D eigenvalue weighted by molar-refractivity contribution is 6.07. The topological polar surface area (TPSA) is 84.9 Å². The monoisotopic (exact) mass is 410 g/mol. The number of esters is 2. The first-order valence-electron chi connectivity index (χ1n) is 10.0. The van der Waals surface area contributed by atoms with Gasteiger partial charge < -0.3 is 19.7 Å². The number of para-hydroxylation sites is 1. The van der Waals surface area contributed by atoms with Crippen LogP contribution in [-0.4, -0.2) is 38.1 Å². The molecular formula is C23H26N2O5. The summed E-state index contributed by atoms with van der Waals surface area (Å²) in [7, 11) is 2.48. The molecule has 0 radical (unpaired) electrons. The highest BCUT2D eigenvalue weighted by Gasteiger charge is 2.29. The Hall–Kier alpha value is -3.35. The van der Waals surface area contributed by atoms with E-state index in [-0.39, 0.29) is 23.2 Å². The molecular weight excluding hydrogens is 384 g/mol. The van der Waals surface area contributed by atoms with Gasteiger partial charge in [0.15, 0.2) is 0 Å². The lowest BCUT2D eigenvalue weighted by Crippen LogP contribution is -2.37. The van der Waals surface area contributed by atoms with E-state index in [0.29, 0.717) is 11.3 Å². The van der Waals surface area contributed by atoms with E-state index in [2.05, 4.69) is 5.32 Å². The number of nitrogens with zero attached hydrogens (tertiary/aromatic N) is 1. The molecule has 7 heteroatoms. The molecule has 0 bridgehead atoms. The first-order chi connectivity index (χ1) is 14.6. The summed E-state index contributed by atoms with van der Waals surface area (Å²) in [6.07, 6.45) is 11.7. The van der Waals surface area contributed by atoms with Gasteiger partial charge in [0.05, 0.1) is 31.0 Å². The van der Waals surface area contributed by atoms with E-state index in [1.807, 2.05) is 0 Å². The number of allylic oxidation sites excluding steroid dienone is 2. The zero-order chi connectivity index (χ0) is 21.5. The Morgan fingerprint density at radius 3 is 2.37 bits per heavy atom. The highest BCUT2D eigenvalue weighted by Crippen LogP contribution is 2.29. The summed E-state index contributed by atoms with van der Waals surface area (Å²) < 4.78 is 9.77. The van der Waals surface area contributed by atoms with Gasteiger partial charge in [-0.1, -0.05) is 37.5 Å². The number of anilines is 1. The predicted molar refractivity (Wildman–Crippen MR) is 113 cm³/mol. The Kier molecular flexibility index (Phi) is 7.06. The third-order valence-electron chi connectivity index (χ3n) is 5.24. The highest BCUT2D eigenvalue weighted by atomic mass is 16.5. The average molecular weight is 410 g/mol. The predicted octanol–water partition coefficient (Wildman–Crippen LogP) is 3.24. The van der Waals surface area contributed by atoms with Gasteiger partial charge in [-0.05, 0) is 37.1 Å². The molecule has 1 saturated carbocycles. The maximum atomic E-state index is 13.1. The zero-order valence-electron chi connectivity index (χ0n) is 17.2. The molecule has 1 fully saturated rings. The van der Waals surface area contributed by atoms with Gasteiger partial charge in [0.25, 0.3) is 5.91 Å². The van der Waals surface area contributed by atoms with Crippen LogP contribution in [0.25, 0.3) is 0 Å². The number of rotatable bonds is 5. The van der Waals surface area contributed by atoms with E-state index >= 15 is 0 Å². The molecule has 3 rings (SSSR count). The third-order valence-corrected chi connectivity index (χ3v) is 5.24. The number of hydrogen-bond acceptors (Lipinski definition) is 6. The van der Waals surface area contributed by atoms with Crippen molar-refractivity contribution in [2.45, 2.75) is 38.1 Å². The summed E-state index contributed by atoms with van der Waals surface area (Å²) in [5, 5.41) is 3.10. The lowest BCUT2D eigenvalue weighted by Gasteiger charge is -2.27. The molecule has 7 nitrogen and oxygen atoms in total. The van der Waals surface area contributed by atoms with E-state index in [1.54, 1.807) is 42.6 Å². The molecule has 1 aromatic carbocycles. The van der Waals surface area contributed by atoms with Crippen LogP contribution >= 0.6 is 0 Å². The van der Waals surface area contributed by atoms with Crippen molar-refractivity contribution in [3.63, 3.8) is 0 Å². The van der Waals surface area contributed by atoms with Crippen LogP contribution < -0.4 is 10.2 Å². The molecule has 0 spiro atoms. The Labute approximate surface area is 176 Å². The average Bonchev–Trinajstić information content (AvgIpc) is 3.01. The van der Waals surface area contributed by atoms with Crippen molar-refractivity contribution in [3.8, 4) is 0 Å². The number of methoxy groups -OCH3 is 2. The van der Waals surface area contributed by atoms with Gasteiger partial charge in [0, 0.05) is 12.2 Å². The summed E-state index contributed by atoms with van der Waals surface area (Å²) in [6, 6.07) is 7.10. The van der Waals surface area contributed by atoms with E-state index in [1.165, 1.54) is 31.6 Å². The van der Waals surface area contributed by atoms with Gasteiger partial charge in [-0.2, -0.15) is 0 Å². The molecule has 30 heavy (non-hydrogen) atoms. The smallest absolute Gasteiger partial charge is 0.355 e. The summed E-state index contributed by atoms with van der Waals surface area (Å²) in [4.78, 5) is 39.5. The third kappa shape index (κ3) is 4.62. The van der Waals surface area contributed by atoms with Crippen molar-refractivity contribution in [2.75, 3.05) is 19.1 Å². The molecule has 1 aliphatic heterocycles. The van der Waals surface area contributed by atoms with Crippen molar-refractivity contribution in [1.29, 1.82) is 0 Å². The number of carbonyl (C=O) groups is 3. The second-order valence-corrected chi connectivity index (χ2v) is 7.14. The summed E-state index contributed by atoms with van der Waals surface area (Å²) in [5.74, 6) is -1.61. The van der Waals surface area contributed by atoms with Crippen molar-refractivity contribution < 1.29 is 23.9 Å². The van der Waals surface area contributed by atoms with Crippen molar-refractivity contribution >= 4 is 23.5 Å². The molecule has 1 amide bonds. The van der Waals surface area contributed by atoms with E-state index in [4.69, 9.17) is 9.47 Å². The SMILES string of the molecule is COC(=O)C1=C(C(=O)OC)N(c2ccccc2C(=O)NC2CCCCC2)C=CC=C1. The summed E-state index contributed by atoms with van der Waals surface area (Å²) in [6.45, 7) is 0. The Morgan fingerprint density at radius 2 is 1.67 bits per heavy atom. The van der Waals surface area contributed by atoms with E-state index < -0.39 is 11.9 Å². The van der Waals surface area contributed by atoms with Crippen LogP contribution in [0.3, 0.4) is 0 Å². The maximum Gasteiger partial charge on any atom is 0.355 e. The number of amides is 1. The van der Waals surface area contributed by atoms with Gasteiger partial charge in [0.1, 0.15) is 5.70 Å². The van der Waals surface area contributed by atoms with Crippen LogP contribution in [0.5, 0.6) is 0 Å². The lowest BCUT2D eigenvalue weighted by atomic mass is 9.95. The first-order valence-corrected chi connectivity index (χ1v) is 10.0. The van der Waals surface area contributed by atoms with Crippen LogP contribution in [0.2, 0.25) is 0 Å². The molecule has 0 saturated heterocycles. The van der Waals surface area contributed by atoms with Gasteiger partial charge in [-0.25, -0.2) is 9.59 Å². The number of ether oxygens (including phenoxy) is 2. The Morgan fingerprint density at radius 1 is 0.967 bits per heavy atom. The normalized spacial score (nSPS) is 16.8. The second-order valence-electron chi connectivity index (χ2n) is 7.14. The largest absolute Gasteiger partial charge is 0.465 e.